The summed E-state index contributed by atoms with van der Waals surface area (Å²) in [5.41, 5.74) is 2.07. The second kappa shape index (κ2) is 9.41. The van der Waals surface area contributed by atoms with Gasteiger partial charge in [0.1, 0.15) is 5.75 Å². The number of carbonyl (C=O) groups is 1. The number of benzene rings is 2. The maximum Gasteiger partial charge on any atom is 0.233 e. The van der Waals surface area contributed by atoms with E-state index in [0.717, 1.165) is 17.7 Å². The lowest BCUT2D eigenvalue weighted by Crippen LogP contribution is -2.32. The molecule has 6 nitrogen and oxygen atoms in total. The molecule has 0 aliphatic heterocycles. The number of ether oxygens (including phenoxy) is 1. The van der Waals surface area contributed by atoms with Gasteiger partial charge in [0.05, 0.1) is 17.9 Å². The molecule has 3 rings (SSSR count). The van der Waals surface area contributed by atoms with E-state index in [0.29, 0.717) is 17.5 Å². The second-order valence-electron chi connectivity index (χ2n) is 6.35. The van der Waals surface area contributed by atoms with Crippen molar-refractivity contribution in [3.05, 3.63) is 60.2 Å². The number of nitrogens with zero attached hydrogens (tertiary/aromatic N) is 3. The summed E-state index contributed by atoms with van der Waals surface area (Å²) in [6, 6.07) is 17.8. The monoisotopic (exact) mass is 396 g/mol. The van der Waals surface area contributed by atoms with Crippen LogP contribution in [0.25, 0.3) is 11.4 Å². The van der Waals surface area contributed by atoms with Crippen LogP contribution in [0.15, 0.2) is 59.8 Å². The van der Waals surface area contributed by atoms with Crippen molar-refractivity contribution in [3.63, 3.8) is 0 Å². The lowest BCUT2D eigenvalue weighted by molar-refractivity contribution is -0.120. The summed E-state index contributed by atoms with van der Waals surface area (Å²) in [6.45, 7) is 2.49. The smallest absolute Gasteiger partial charge is 0.233 e. The summed E-state index contributed by atoms with van der Waals surface area (Å²) in [4.78, 5) is 12.4. The molecule has 1 heterocycles. The van der Waals surface area contributed by atoms with Gasteiger partial charge in [-0.3, -0.25) is 4.79 Å². The normalized spacial score (nSPS) is 11.8. The quantitative estimate of drug-likeness (QED) is 0.592. The molecule has 1 atom stereocenters. The van der Waals surface area contributed by atoms with E-state index in [1.165, 1.54) is 17.3 Å². The Kier molecular flexibility index (Phi) is 6.71. The predicted octanol–water partition coefficient (Wildman–Crippen LogP) is 3.33. The van der Waals surface area contributed by atoms with E-state index in [2.05, 4.69) is 27.6 Å². The summed E-state index contributed by atoms with van der Waals surface area (Å²) in [5, 5.41) is 12.0. The van der Waals surface area contributed by atoms with Gasteiger partial charge in [-0.15, -0.1) is 10.2 Å². The molecular formula is C21H24N4O2S. The predicted molar refractivity (Wildman–Crippen MR) is 111 cm³/mol. The van der Waals surface area contributed by atoms with Crippen molar-refractivity contribution in [2.75, 3.05) is 13.7 Å². The third-order valence-electron chi connectivity index (χ3n) is 4.39. The van der Waals surface area contributed by atoms with Crippen LogP contribution in [0, 0.1) is 0 Å². The Balaban J connectivity index is 1.60. The number of rotatable bonds is 8. The zero-order valence-corrected chi connectivity index (χ0v) is 17.1. The molecule has 146 valence electrons. The van der Waals surface area contributed by atoms with Gasteiger partial charge in [-0.1, -0.05) is 54.2 Å². The molecular weight excluding hydrogens is 372 g/mol. The molecule has 0 saturated heterocycles. The average molecular weight is 397 g/mol. The molecule has 7 heteroatoms. The fraction of sp³-hybridized carbons (Fsp3) is 0.286. The minimum absolute atomic E-state index is 0.0113. The second-order valence-corrected chi connectivity index (χ2v) is 7.66. The zero-order valence-electron chi connectivity index (χ0n) is 16.3. The van der Waals surface area contributed by atoms with Gasteiger partial charge in [0.15, 0.2) is 11.0 Å². The van der Waals surface area contributed by atoms with E-state index < -0.39 is 0 Å². The maximum absolute atomic E-state index is 12.4. The fourth-order valence-corrected chi connectivity index (χ4v) is 3.65. The molecule has 1 N–H and O–H groups in total. The lowest BCUT2D eigenvalue weighted by atomic mass is 10.1. The number of aromatic nitrogens is 3. The number of para-hydroxylation sites is 1. The average Bonchev–Trinajstić information content (AvgIpc) is 3.08. The molecule has 0 fully saturated rings. The molecule has 0 bridgehead atoms. The molecule has 3 aromatic rings. The fourth-order valence-electron chi connectivity index (χ4n) is 2.81. The molecule has 28 heavy (non-hydrogen) atoms. The van der Waals surface area contributed by atoms with Crippen molar-refractivity contribution in [3.8, 4) is 17.1 Å². The van der Waals surface area contributed by atoms with Crippen molar-refractivity contribution in [1.82, 2.24) is 20.1 Å². The Bertz CT molecular complexity index is 927. The summed E-state index contributed by atoms with van der Waals surface area (Å²) in [5.74, 6) is 1.43. The standard InChI is InChI=1S/C21H24N4O2S/c1-15(20(26)22-14-13-16-9-5-4-6-10-16)28-21-24-23-19(25(21)2)17-11-7-8-12-18(17)27-3/h4-12,15H,13-14H2,1-3H3,(H,22,26)/t15-/m0/s1. The summed E-state index contributed by atoms with van der Waals surface area (Å²) in [7, 11) is 3.52. The molecule has 1 aromatic heterocycles. The van der Waals surface area contributed by atoms with Gasteiger partial charge in [0.2, 0.25) is 5.91 Å². The van der Waals surface area contributed by atoms with Crippen molar-refractivity contribution in [1.29, 1.82) is 0 Å². The van der Waals surface area contributed by atoms with Crippen LogP contribution in [0.1, 0.15) is 12.5 Å². The van der Waals surface area contributed by atoms with E-state index in [1.54, 1.807) is 7.11 Å². The number of methoxy groups -OCH3 is 1. The first-order valence-corrected chi connectivity index (χ1v) is 9.99. The van der Waals surface area contributed by atoms with E-state index in [-0.39, 0.29) is 11.2 Å². The highest BCUT2D eigenvalue weighted by molar-refractivity contribution is 8.00. The summed E-state index contributed by atoms with van der Waals surface area (Å²) >= 11 is 1.39. The number of hydrogen-bond donors (Lipinski definition) is 1. The van der Waals surface area contributed by atoms with Crippen LogP contribution in [0.3, 0.4) is 0 Å². The molecule has 0 unspecified atom stereocenters. The highest BCUT2D eigenvalue weighted by Gasteiger charge is 2.20. The summed E-state index contributed by atoms with van der Waals surface area (Å²) < 4.78 is 7.30. The number of nitrogens with one attached hydrogen (secondary N) is 1. The number of carbonyl (C=O) groups excluding carboxylic acids is 1. The van der Waals surface area contributed by atoms with Gasteiger partial charge in [0, 0.05) is 13.6 Å². The van der Waals surface area contributed by atoms with E-state index >= 15 is 0 Å². The molecule has 0 saturated carbocycles. The number of thioether (sulfide) groups is 1. The Morgan fingerprint density at radius 1 is 1.14 bits per heavy atom. The maximum atomic E-state index is 12.4. The Hall–Kier alpha value is -2.80. The van der Waals surface area contributed by atoms with Crippen molar-refractivity contribution >= 4 is 17.7 Å². The highest BCUT2D eigenvalue weighted by Crippen LogP contribution is 2.31. The van der Waals surface area contributed by atoms with Crippen LogP contribution in [0.5, 0.6) is 5.75 Å². The van der Waals surface area contributed by atoms with Crippen LogP contribution in [-0.4, -0.2) is 39.6 Å². The number of amides is 1. The number of hydrogen-bond acceptors (Lipinski definition) is 5. The lowest BCUT2D eigenvalue weighted by Gasteiger charge is -2.12. The first-order chi connectivity index (χ1) is 13.6. The van der Waals surface area contributed by atoms with Crippen LogP contribution in [-0.2, 0) is 18.3 Å². The van der Waals surface area contributed by atoms with Crippen molar-refractivity contribution in [2.24, 2.45) is 7.05 Å². The molecule has 0 spiro atoms. The van der Waals surface area contributed by atoms with Crippen molar-refractivity contribution < 1.29 is 9.53 Å². The molecule has 0 aliphatic carbocycles. The third kappa shape index (κ3) is 4.72. The first-order valence-electron chi connectivity index (χ1n) is 9.11. The van der Waals surface area contributed by atoms with Crippen LogP contribution >= 0.6 is 11.8 Å². The molecule has 0 aliphatic rings. The Labute approximate surface area is 169 Å². The first kappa shape index (κ1) is 19.9. The minimum Gasteiger partial charge on any atom is -0.496 e. The molecule has 2 aromatic carbocycles. The minimum atomic E-state index is -0.274. The van der Waals surface area contributed by atoms with Crippen LogP contribution in [0.2, 0.25) is 0 Å². The SMILES string of the molecule is COc1ccccc1-c1nnc(S[C@@H](C)C(=O)NCCc2ccccc2)n1C. The van der Waals surface area contributed by atoms with Crippen LogP contribution in [0.4, 0.5) is 0 Å². The van der Waals surface area contributed by atoms with Gasteiger partial charge in [0.25, 0.3) is 0 Å². The summed E-state index contributed by atoms with van der Waals surface area (Å²) in [6.07, 6.45) is 0.811. The zero-order chi connectivity index (χ0) is 19.9. The third-order valence-corrected chi connectivity index (χ3v) is 5.52. The van der Waals surface area contributed by atoms with Crippen molar-refractivity contribution in [2.45, 2.75) is 23.8 Å². The van der Waals surface area contributed by atoms with E-state index in [9.17, 15) is 4.79 Å². The largest absolute Gasteiger partial charge is 0.496 e. The van der Waals surface area contributed by atoms with Gasteiger partial charge in [-0.2, -0.15) is 0 Å². The van der Waals surface area contributed by atoms with Crippen LogP contribution < -0.4 is 10.1 Å². The highest BCUT2D eigenvalue weighted by atomic mass is 32.2. The Morgan fingerprint density at radius 3 is 2.61 bits per heavy atom. The van der Waals surface area contributed by atoms with Gasteiger partial charge in [-0.25, -0.2) is 0 Å². The van der Waals surface area contributed by atoms with Gasteiger partial charge < -0.3 is 14.6 Å². The van der Waals surface area contributed by atoms with Gasteiger partial charge in [-0.05, 0) is 31.0 Å². The Morgan fingerprint density at radius 2 is 1.86 bits per heavy atom. The van der Waals surface area contributed by atoms with E-state index in [4.69, 9.17) is 4.74 Å². The van der Waals surface area contributed by atoms with E-state index in [1.807, 2.05) is 61.0 Å². The molecule has 0 radical (unpaired) electrons. The topological polar surface area (TPSA) is 69.0 Å². The van der Waals surface area contributed by atoms with Gasteiger partial charge >= 0.3 is 0 Å². The molecule has 1 amide bonds.